The van der Waals surface area contributed by atoms with Gasteiger partial charge in [-0.2, -0.15) is 15.2 Å². The average molecular weight is 431 g/mol. The molecule has 3 heterocycles. The highest BCUT2D eigenvalue weighted by Crippen LogP contribution is 2.44. The molecular formula is C22H27F2N5O2. The van der Waals surface area contributed by atoms with E-state index >= 15 is 0 Å². The number of carbonyl (C=O) groups is 1. The van der Waals surface area contributed by atoms with Gasteiger partial charge in [-0.1, -0.05) is 6.92 Å². The van der Waals surface area contributed by atoms with Crippen molar-refractivity contribution >= 4 is 16.8 Å². The fraction of sp³-hybridized carbons (Fsp3) is 0.545. The van der Waals surface area contributed by atoms with Crippen molar-refractivity contribution in [2.24, 2.45) is 14.1 Å². The summed E-state index contributed by atoms with van der Waals surface area (Å²) in [7, 11) is 3.56. The SMILES string of the molecule is Cc1nn(C)c(C)c1C(C)CC(=O)COc1cc(C(F)F)c2c(C3CC3)nn(C)c2n1. The summed E-state index contributed by atoms with van der Waals surface area (Å²) in [5.41, 5.74) is 3.87. The van der Waals surface area contributed by atoms with Crippen molar-refractivity contribution in [1.82, 2.24) is 24.5 Å². The zero-order valence-corrected chi connectivity index (χ0v) is 18.4. The minimum Gasteiger partial charge on any atom is -0.470 e. The number of carbonyl (C=O) groups excluding carboxylic acids is 1. The summed E-state index contributed by atoms with van der Waals surface area (Å²) < 4.78 is 36.5. The lowest BCUT2D eigenvalue weighted by atomic mass is 9.94. The highest BCUT2D eigenvalue weighted by Gasteiger charge is 2.32. The number of rotatable bonds is 8. The molecule has 0 saturated heterocycles. The van der Waals surface area contributed by atoms with E-state index in [1.165, 1.54) is 10.7 Å². The highest BCUT2D eigenvalue weighted by atomic mass is 19.3. The average Bonchev–Trinajstić information content (AvgIpc) is 3.44. The summed E-state index contributed by atoms with van der Waals surface area (Å²) in [6, 6.07) is 1.24. The molecule has 3 aromatic rings. The second-order valence-electron chi connectivity index (χ2n) is 8.47. The van der Waals surface area contributed by atoms with Crippen molar-refractivity contribution in [2.75, 3.05) is 6.61 Å². The Balaban J connectivity index is 1.51. The third-order valence-electron chi connectivity index (χ3n) is 6.00. The monoisotopic (exact) mass is 431 g/mol. The number of hydrogen-bond acceptors (Lipinski definition) is 5. The molecule has 1 saturated carbocycles. The van der Waals surface area contributed by atoms with Gasteiger partial charge < -0.3 is 4.74 Å². The molecule has 4 rings (SSSR count). The zero-order valence-electron chi connectivity index (χ0n) is 18.4. The van der Waals surface area contributed by atoms with Crippen LogP contribution in [0.3, 0.4) is 0 Å². The molecule has 9 heteroatoms. The zero-order chi connectivity index (χ0) is 22.4. The molecule has 1 atom stereocenters. The minimum absolute atomic E-state index is 0.0166. The number of Topliss-reactive ketones (excluding diaryl/α,β-unsaturated/α-hetero) is 1. The van der Waals surface area contributed by atoms with Crippen molar-refractivity contribution in [3.63, 3.8) is 0 Å². The third-order valence-corrected chi connectivity index (χ3v) is 6.00. The van der Waals surface area contributed by atoms with E-state index in [2.05, 4.69) is 15.2 Å². The van der Waals surface area contributed by atoms with Crippen molar-refractivity contribution in [3.05, 3.63) is 34.3 Å². The smallest absolute Gasteiger partial charge is 0.264 e. The number of ether oxygens (including phenoxy) is 1. The summed E-state index contributed by atoms with van der Waals surface area (Å²) >= 11 is 0. The lowest BCUT2D eigenvalue weighted by Crippen LogP contribution is -2.15. The fourth-order valence-corrected chi connectivity index (χ4v) is 4.33. The van der Waals surface area contributed by atoms with Crippen LogP contribution in [0, 0.1) is 13.8 Å². The third kappa shape index (κ3) is 4.05. The number of alkyl halides is 2. The molecule has 0 bridgehead atoms. The van der Waals surface area contributed by atoms with Crippen LogP contribution in [0.25, 0.3) is 11.0 Å². The van der Waals surface area contributed by atoms with E-state index in [0.717, 1.165) is 29.8 Å². The summed E-state index contributed by atoms with van der Waals surface area (Å²) in [4.78, 5) is 16.9. The molecule has 1 unspecified atom stereocenters. The number of hydrogen-bond donors (Lipinski definition) is 0. The van der Waals surface area contributed by atoms with E-state index in [9.17, 15) is 13.6 Å². The van der Waals surface area contributed by atoms with Gasteiger partial charge in [0, 0.05) is 43.8 Å². The minimum atomic E-state index is -2.68. The molecule has 31 heavy (non-hydrogen) atoms. The summed E-state index contributed by atoms with van der Waals surface area (Å²) in [5, 5.41) is 9.22. The Morgan fingerprint density at radius 2 is 1.94 bits per heavy atom. The number of fused-ring (bicyclic) bond motifs is 1. The van der Waals surface area contributed by atoms with Gasteiger partial charge in [0.25, 0.3) is 6.43 Å². The Hall–Kier alpha value is -2.84. The van der Waals surface area contributed by atoms with Gasteiger partial charge in [0.15, 0.2) is 11.4 Å². The van der Waals surface area contributed by atoms with E-state index in [1.54, 1.807) is 11.7 Å². The molecular weight excluding hydrogens is 404 g/mol. The first-order chi connectivity index (χ1) is 14.7. The number of halogens is 2. The molecule has 1 aliphatic carbocycles. The highest BCUT2D eigenvalue weighted by molar-refractivity contribution is 5.84. The first-order valence-electron chi connectivity index (χ1n) is 10.5. The van der Waals surface area contributed by atoms with E-state index in [4.69, 9.17) is 4.74 Å². The van der Waals surface area contributed by atoms with Gasteiger partial charge in [0.1, 0.15) is 6.61 Å². The molecule has 0 amide bonds. The van der Waals surface area contributed by atoms with Crippen molar-refractivity contribution in [1.29, 1.82) is 0 Å². The van der Waals surface area contributed by atoms with Crippen LogP contribution in [0.1, 0.15) is 72.7 Å². The topological polar surface area (TPSA) is 74.8 Å². The number of pyridine rings is 1. The molecule has 0 radical (unpaired) electrons. The molecule has 1 fully saturated rings. The Kier molecular flexibility index (Phi) is 5.53. The van der Waals surface area contributed by atoms with Crippen molar-refractivity contribution in [2.45, 2.75) is 58.3 Å². The van der Waals surface area contributed by atoms with E-state index in [0.29, 0.717) is 16.7 Å². The fourth-order valence-electron chi connectivity index (χ4n) is 4.33. The van der Waals surface area contributed by atoms with Gasteiger partial charge in [-0.25, -0.2) is 8.78 Å². The molecule has 1 aliphatic rings. The van der Waals surface area contributed by atoms with Crippen LogP contribution in [0.15, 0.2) is 6.07 Å². The van der Waals surface area contributed by atoms with Gasteiger partial charge in [0.05, 0.1) is 16.8 Å². The van der Waals surface area contributed by atoms with Gasteiger partial charge in [-0.05, 0) is 38.2 Å². The Morgan fingerprint density at radius 3 is 2.52 bits per heavy atom. The molecule has 7 nitrogen and oxygen atoms in total. The maximum absolute atomic E-state index is 13.8. The molecule has 0 aliphatic heterocycles. The predicted octanol–water partition coefficient (Wildman–Crippen LogP) is 4.28. The molecule has 3 aromatic heterocycles. The standard InChI is InChI=1S/C22H27F2N5O2/c1-11(18-12(2)26-28(4)13(18)3)8-15(30)10-31-17-9-16(21(23)24)19-20(14-6-7-14)27-29(5)22(19)25-17/h9,11,14,21H,6-8,10H2,1-5H3. The Morgan fingerprint density at radius 1 is 1.23 bits per heavy atom. The summed E-state index contributed by atoms with van der Waals surface area (Å²) in [6.07, 6.45) is -0.498. The quantitative estimate of drug-likeness (QED) is 0.532. The summed E-state index contributed by atoms with van der Waals surface area (Å²) in [6.45, 7) is 5.65. The van der Waals surface area contributed by atoms with Crippen LogP contribution in [-0.2, 0) is 18.9 Å². The van der Waals surface area contributed by atoms with Crippen LogP contribution < -0.4 is 4.74 Å². The Labute approximate surface area is 179 Å². The first-order valence-corrected chi connectivity index (χ1v) is 10.5. The maximum atomic E-state index is 13.8. The second kappa shape index (κ2) is 8.01. The van der Waals surface area contributed by atoms with Crippen molar-refractivity contribution in [3.8, 4) is 5.88 Å². The lowest BCUT2D eigenvalue weighted by molar-refractivity contribution is -0.121. The second-order valence-corrected chi connectivity index (χ2v) is 8.47. The van der Waals surface area contributed by atoms with Crippen LogP contribution in [-0.4, -0.2) is 36.9 Å². The van der Waals surface area contributed by atoms with E-state index < -0.39 is 6.43 Å². The van der Waals surface area contributed by atoms with Gasteiger partial charge >= 0.3 is 0 Å². The van der Waals surface area contributed by atoms with Crippen LogP contribution >= 0.6 is 0 Å². The van der Waals surface area contributed by atoms with Gasteiger partial charge in [-0.3, -0.25) is 14.2 Å². The normalized spacial score (nSPS) is 15.1. The van der Waals surface area contributed by atoms with Crippen LogP contribution in [0.4, 0.5) is 8.78 Å². The number of ketones is 1. The number of aryl methyl sites for hydroxylation is 3. The first kappa shape index (κ1) is 21.4. The molecule has 166 valence electrons. The largest absolute Gasteiger partial charge is 0.470 e. The van der Waals surface area contributed by atoms with E-state index in [1.807, 2.05) is 27.8 Å². The van der Waals surface area contributed by atoms with Crippen molar-refractivity contribution < 1.29 is 18.3 Å². The Bertz CT molecular complexity index is 1150. The summed E-state index contributed by atoms with van der Waals surface area (Å²) in [5.74, 6) is 0.0921. The number of aromatic nitrogens is 5. The predicted molar refractivity (Wildman–Crippen MR) is 112 cm³/mol. The van der Waals surface area contributed by atoms with Crippen LogP contribution in [0.5, 0.6) is 5.88 Å². The van der Waals surface area contributed by atoms with E-state index in [-0.39, 0.29) is 42.1 Å². The van der Waals surface area contributed by atoms with Crippen LogP contribution in [0.2, 0.25) is 0 Å². The maximum Gasteiger partial charge on any atom is 0.264 e. The molecule has 0 aromatic carbocycles. The van der Waals surface area contributed by atoms with Gasteiger partial charge in [0.2, 0.25) is 5.88 Å². The van der Waals surface area contributed by atoms with Gasteiger partial charge in [-0.15, -0.1) is 0 Å². The lowest BCUT2D eigenvalue weighted by Gasteiger charge is -2.13. The molecule has 0 spiro atoms. The molecule has 0 N–H and O–H groups in total. The number of nitrogens with zero attached hydrogens (tertiary/aromatic N) is 5.